The summed E-state index contributed by atoms with van der Waals surface area (Å²) in [6.45, 7) is 3.92. The van der Waals surface area contributed by atoms with Gasteiger partial charge in [-0.1, -0.05) is 6.07 Å². The number of hydrogen-bond acceptors (Lipinski definition) is 5. The number of anilines is 2. The zero-order valence-electron chi connectivity index (χ0n) is 15.7. The smallest absolute Gasteiger partial charge is 0.252 e. The zero-order valence-corrected chi connectivity index (χ0v) is 15.7. The first kappa shape index (κ1) is 17.5. The summed E-state index contributed by atoms with van der Waals surface area (Å²) in [5, 5.41) is 5.95. The number of amides is 2. The van der Waals surface area contributed by atoms with Crippen molar-refractivity contribution in [1.82, 2.24) is 15.3 Å². The predicted molar refractivity (Wildman–Crippen MR) is 103 cm³/mol. The van der Waals surface area contributed by atoms with E-state index >= 15 is 0 Å². The van der Waals surface area contributed by atoms with Crippen LogP contribution in [-0.2, 0) is 10.2 Å². The van der Waals surface area contributed by atoms with Gasteiger partial charge in [-0.2, -0.15) is 0 Å². The summed E-state index contributed by atoms with van der Waals surface area (Å²) in [7, 11) is 1.59. The molecule has 140 valence electrons. The molecule has 0 saturated heterocycles. The van der Waals surface area contributed by atoms with E-state index in [0.29, 0.717) is 5.56 Å². The van der Waals surface area contributed by atoms with Crippen LogP contribution in [0.1, 0.15) is 42.6 Å². The molecule has 1 fully saturated rings. The Morgan fingerprint density at radius 3 is 2.67 bits per heavy atom. The third kappa shape index (κ3) is 2.83. The van der Waals surface area contributed by atoms with Crippen LogP contribution in [0.5, 0.6) is 0 Å². The Kier molecular flexibility index (Phi) is 4.09. The van der Waals surface area contributed by atoms with Crippen LogP contribution >= 0.6 is 0 Å². The minimum atomic E-state index is -0.528. The minimum Gasteiger partial charge on any atom is -0.367 e. The Bertz CT molecular complexity index is 888. The van der Waals surface area contributed by atoms with Crippen LogP contribution in [0.2, 0.25) is 0 Å². The van der Waals surface area contributed by atoms with Crippen molar-refractivity contribution in [2.24, 2.45) is 0 Å². The summed E-state index contributed by atoms with van der Waals surface area (Å²) in [6, 6.07) is 7.83. The van der Waals surface area contributed by atoms with E-state index in [1.165, 1.54) is 0 Å². The summed E-state index contributed by atoms with van der Waals surface area (Å²) in [4.78, 5) is 35.1. The minimum absolute atomic E-state index is 0.118. The Morgan fingerprint density at radius 2 is 2.00 bits per heavy atom. The number of carbonyl (C=O) groups is 2. The molecule has 3 heterocycles. The molecule has 1 aliphatic carbocycles. The van der Waals surface area contributed by atoms with Gasteiger partial charge in [-0.3, -0.25) is 14.5 Å². The highest BCUT2D eigenvalue weighted by molar-refractivity contribution is 6.07. The van der Waals surface area contributed by atoms with E-state index in [-0.39, 0.29) is 23.9 Å². The van der Waals surface area contributed by atoms with Crippen LogP contribution in [0.4, 0.5) is 11.6 Å². The molecule has 0 spiro atoms. The lowest BCUT2D eigenvalue weighted by atomic mass is 9.84. The third-order valence-corrected chi connectivity index (χ3v) is 5.52. The monoisotopic (exact) mass is 365 g/mol. The highest BCUT2D eigenvalue weighted by atomic mass is 16.2. The molecular weight excluding hydrogens is 342 g/mol. The molecule has 2 aliphatic rings. The molecular formula is C20H23N5O2. The molecule has 0 bridgehead atoms. The lowest BCUT2D eigenvalue weighted by Gasteiger charge is -2.41. The van der Waals surface area contributed by atoms with Crippen LogP contribution in [0.25, 0.3) is 0 Å². The molecule has 0 atom stereocenters. The largest absolute Gasteiger partial charge is 0.367 e. The molecule has 7 nitrogen and oxygen atoms in total. The van der Waals surface area contributed by atoms with Crippen LogP contribution in [-0.4, -0.2) is 40.9 Å². The van der Waals surface area contributed by atoms with Crippen molar-refractivity contribution in [2.75, 3.05) is 17.3 Å². The fraction of sp³-hybridized carbons (Fsp3) is 0.400. The van der Waals surface area contributed by atoms with Gasteiger partial charge in [0.15, 0.2) is 0 Å². The van der Waals surface area contributed by atoms with Gasteiger partial charge in [0.2, 0.25) is 5.91 Å². The molecule has 0 aromatic carbocycles. The summed E-state index contributed by atoms with van der Waals surface area (Å²) in [5.41, 5.74) is 0.999. The normalized spacial score (nSPS) is 22.8. The molecule has 27 heavy (non-hydrogen) atoms. The van der Waals surface area contributed by atoms with Crippen molar-refractivity contribution in [3.63, 3.8) is 0 Å². The summed E-state index contributed by atoms with van der Waals surface area (Å²) >= 11 is 0. The number of fused-ring (bicyclic) bond motifs is 1. The van der Waals surface area contributed by atoms with Crippen molar-refractivity contribution >= 4 is 23.5 Å². The molecule has 2 amide bonds. The molecule has 4 rings (SSSR count). The second-order valence-corrected chi connectivity index (χ2v) is 7.65. The van der Waals surface area contributed by atoms with Crippen molar-refractivity contribution in [3.8, 4) is 0 Å². The van der Waals surface area contributed by atoms with Crippen molar-refractivity contribution in [2.45, 2.75) is 44.2 Å². The maximum Gasteiger partial charge on any atom is 0.252 e. The molecule has 2 N–H and O–H groups in total. The third-order valence-electron chi connectivity index (χ3n) is 5.52. The van der Waals surface area contributed by atoms with Crippen LogP contribution in [0.15, 0.2) is 36.7 Å². The number of hydrogen-bond donors (Lipinski definition) is 2. The standard InChI is InChI=1S/C20H23N5O2/c1-20(2)15-5-4-8-22-17(15)25(19(20)27)14-9-13(10-14)24-16-7-6-12(11-23-16)18(26)21-3/h4-8,11,13-14H,9-10H2,1-3H3,(H,21,26)(H,23,24). The van der Waals surface area contributed by atoms with Gasteiger partial charge in [-0.15, -0.1) is 0 Å². The van der Waals surface area contributed by atoms with Gasteiger partial charge < -0.3 is 10.6 Å². The van der Waals surface area contributed by atoms with E-state index in [2.05, 4.69) is 20.6 Å². The van der Waals surface area contributed by atoms with Crippen LogP contribution < -0.4 is 15.5 Å². The average Bonchev–Trinajstić information content (AvgIpc) is 2.85. The highest BCUT2D eigenvalue weighted by Gasteiger charge is 2.50. The maximum atomic E-state index is 12.9. The summed E-state index contributed by atoms with van der Waals surface area (Å²) in [5.74, 6) is 1.49. The Labute approximate surface area is 158 Å². The molecule has 1 saturated carbocycles. The highest BCUT2D eigenvalue weighted by Crippen LogP contribution is 2.44. The molecule has 2 aromatic rings. The van der Waals surface area contributed by atoms with Crippen molar-refractivity contribution in [3.05, 3.63) is 47.8 Å². The Hall–Kier alpha value is -2.96. The number of rotatable bonds is 4. The Morgan fingerprint density at radius 1 is 1.22 bits per heavy atom. The average molecular weight is 365 g/mol. The van der Waals surface area contributed by atoms with E-state index in [1.807, 2.05) is 30.9 Å². The van der Waals surface area contributed by atoms with Gasteiger partial charge in [0.1, 0.15) is 11.6 Å². The molecule has 2 aromatic heterocycles. The topological polar surface area (TPSA) is 87.2 Å². The van der Waals surface area contributed by atoms with E-state index in [1.54, 1.807) is 31.6 Å². The van der Waals surface area contributed by atoms with E-state index in [4.69, 9.17) is 0 Å². The predicted octanol–water partition coefficient (Wildman–Crippen LogP) is 2.10. The second-order valence-electron chi connectivity index (χ2n) is 7.65. The van der Waals surface area contributed by atoms with Gasteiger partial charge in [0.25, 0.3) is 5.91 Å². The van der Waals surface area contributed by atoms with E-state index in [0.717, 1.165) is 30.0 Å². The zero-order chi connectivity index (χ0) is 19.2. The van der Waals surface area contributed by atoms with Gasteiger partial charge >= 0.3 is 0 Å². The molecule has 1 aliphatic heterocycles. The summed E-state index contributed by atoms with van der Waals surface area (Å²) in [6.07, 6.45) is 4.99. The first-order valence-corrected chi connectivity index (χ1v) is 9.15. The fourth-order valence-electron chi connectivity index (χ4n) is 3.81. The molecule has 0 unspecified atom stereocenters. The van der Waals surface area contributed by atoms with Gasteiger partial charge in [-0.25, -0.2) is 9.97 Å². The van der Waals surface area contributed by atoms with E-state index < -0.39 is 5.41 Å². The van der Waals surface area contributed by atoms with Gasteiger partial charge in [0, 0.05) is 37.1 Å². The van der Waals surface area contributed by atoms with Gasteiger partial charge in [0.05, 0.1) is 11.0 Å². The maximum absolute atomic E-state index is 12.9. The number of nitrogens with zero attached hydrogens (tertiary/aromatic N) is 3. The van der Waals surface area contributed by atoms with Crippen LogP contribution in [0, 0.1) is 0 Å². The Balaban J connectivity index is 1.41. The number of aromatic nitrogens is 2. The number of nitrogens with one attached hydrogen (secondary N) is 2. The van der Waals surface area contributed by atoms with Crippen LogP contribution in [0.3, 0.4) is 0 Å². The summed E-state index contributed by atoms with van der Waals surface area (Å²) < 4.78 is 0. The molecule has 7 heteroatoms. The lowest BCUT2D eigenvalue weighted by Crippen LogP contribution is -2.53. The SMILES string of the molecule is CNC(=O)c1ccc(NC2CC(N3C(=O)C(C)(C)c4cccnc43)C2)nc1. The van der Waals surface area contributed by atoms with E-state index in [9.17, 15) is 9.59 Å². The quantitative estimate of drug-likeness (QED) is 0.866. The first-order valence-electron chi connectivity index (χ1n) is 9.15. The number of pyridine rings is 2. The second kappa shape index (κ2) is 6.33. The molecule has 0 radical (unpaired) electrons. The first-order chi connectivity index (χ1) is 12.9. The fourth-order valence-corrected chi connectivity index (χ4v) is 3.81. The van der Waals surface area contributed by atoms with Crippen molar-refractivity contribution in [1.29, 1.82) is 0 Å². The van der Waals surface area contributed by atoms with Crippen molar-refractivity contribution < 1.29 is 9.59 Å². The number of carbonyl (C=O) groups excluding carboxylic acids is 2. The lowest BCUT2D eigenvalue weighted by molar-refractivity contribution is -0.122. The van der Waals surface area contributed by atoms with Gasteiger partial charge in [-0.05, 0) is 44.9 Å².